The van der Waals surface area contributed by atoms with Gasteiger partial charge in [-0.2, -0.15) is 0 Å². The van der Waals surface area contributed by atoms with Crippen molar-refractivity contribution in [3.8, 4) is 0 Å². The fourth-order valence-corrected chi connectivity index (χ4v) is 3.39. The lowest BCUT2D eigenvalue weighted by Crippen LogP contribution is -2.51. The average molecular weight is 349 g/mol. The minimum atomic E-state index is -0.226. The standard InChI is InChI=1S/C19H28FN3O2/c1-3-21-19(22-11-17-5-4-10-24-17)23-12-14(2)25-18(13-23)15-6-8-16(20)9-7-15/h6-9,14,17-18H,3-5,10-13H2,1-2H3,(H,21,22). The molecule has 3 atom stereocenters. The topological polar surface area (TPSA) is 46.1 Å². The molecule has 5 nitrogen and oxygen atoms in total. The van der Waals surface area contributed by atoms with Crippen molar-refractivity contribution in [2.45, 2.75) is 45.0 Å². The van der Waals surface area contributed by atoms with E-state index in [2.05, 4.69) is 24.1 Å². The Balaban J connectivity index is 1.70. The molecule has 3 unspecified atom stereocenters. The van der Waals surface area contributed by atoms with Gasteiger partial charge in [-0.25, -0.2) is 4.39 Å². The molecule has 138 valence electrons. The van der Waals surface area contributed by atoms with Gasteiger partial charge in [-0.3, -0.25) is 4.99 Å². The highest BCUT2D eigenvalue weighted by atomic mass is 19.1. The fraction of sp³-hybridized carbons (Fsp3) is 0.632. The van der Waals surface area contributed by atoms with Crippen LogP contribution in [0, 0.1) is 5.82 Å². The number of halogens is 1. The summed E-state index contributed by atoms with van der Waals surface area (Å²) in [5.74, 6) is 0.677. The number of nitrogens with one attached hydrogen (secondary N) is 1. The molecule has 25 heavy (non-hydrogen) atoms. The molecule has 0 bridgehead atoms. The van der Waals surface area contributed by atoms with Crippen LogP contribution in [0.3, 0.4) is 0 Å². The molecule has 2 aliphatic rings. The summed E-state index contributed by atoms with van der Waals surface area (Å²) < 4.78 is 24.9. The maximum absolute atomic E-state index is 13.2. The van der Waals surface area contributed by atoms with Crippen molar-refractivity contribution in [2.24, 2.45) is 4.99 Å². The largest absolute Gasteiger partial charge is 0.376 e. The Kier molecular flexibility index (Phi) is 6.26. The second-order valence-electron chi connectivity index (χ2n) is 6.72. The van der Waals surface area contributed by atoms with Crippen LogP contribution in [-0.4, -0.2) is 55.9 Å². The van der Waals surface area contributed by atoms with Crippen molar-refractivity contribution in [3.63, 3.8) is 0 Å². The number of hydrogen-bond donors (Lipinski definition) is 1. The molecule has 1 aromatic carbocycles. The van der Waals surface area contributed by atoms with E-state index in [0.29, 0.717) is 13.1 Å². The summed E-state index contributed by atoms with van der Waals surface area (Å²) in [7, 11) is 0. The van der Waals surface area contributed by atoms with Crippen molar-refractivity contribution in [2.75, 3.05) is 32.8 Å². The van der Waals surface area contributed by atoms with Crippen molar-refractivity contribution in [1.82, 2.24) is 10.2 Å². The third-order valence-electron chi connectivity index (χ3n) is 4.61. The van der Waals surface area contributed by atoms with E-state index < -0.39 is 0 Å². The number of nitrogens with zero attached hydrogens (tertiary/aromatic N) is 2. The molecule has 6 heteroatoms. The van der Waals surface area contributed by atoms with E-state index in [4.69, 9.17) is 14.5 Å². The van der Waals surface area contributed by atoms with Crippen molar-refractivity contribution < 1.29 is 13.9 Å². The van der Waals surface area contributed by atoms with Gasteiger partial charge in [0, 0.05) is 19.7 Å². The van der Waals surface area contributed by atoms with Crippen LogP contribution in [0.1, 0.15) is 38.4 Å². The zero-order valence-corrected chi connectivity index (χ0v) is 15.1. The van der Waals surface area contributed by atoms with Gasteiger partial charge in [-0.15, -0.1) is 0 Å². The van der Waals surface area contributed by atoms with Crippen LogP contribution < -0.4 is 5.32 Å². The highest BCUT2D eigenvalue weighted by molar-refractivity contribution is 5.80. The SMILES string of the molecule is CCNC(=NCC1CCCO1)N1CC(C)OC(c2ccc(F)cc2)C1. The summed E-state index contributed by atoms with van der Waals surface area (Å²) in [6.45, 7) is 7.97. The van der Waals surface area contributed by atoms with Gasteiger partial charge in [-0.1, -0.05) is 12.1 Å². The van der Waals surface area contributed by atoms with E-state index in [1.807, 2.05) is 0 Å². The molecule has 3 rings (SSSR count). The molecule has 1 aromatic rings. The second-order valence-corrected chi connectivity index (χ2v) is 6.72. The molecule has 0 aromatic heterocycles. The molecule has 0 saturated carbocycles. The molecule has 1 N–H and O–H groups in total. The number of guanidine groups is 1. The van der Waals surface area contributed by atoms with Gasteiger partial charge in [0.05, 0.1) is 25.3 Å². The molecule has 0 spiro atoms. The molecular formula is C19H28FN3O2. The van der Waals surface area contributed by atoms with E-state index in [1.165, 1.54) is 12.1 Å². The van der Waals surface area contributed by atoms with Crippen LogP contribution >= 0.6 is 0 Å². The summed E-state index contributed by atoms with van der Waals surface area (Å²) in [5, 5.41) is 3.38. The lowest BCUT2D eigenvalue weighted by atomic mass is 10.1. The zero-order valence-electron chi connectivity index (χ0n) is 15.1. The lowest BCUT2D eigenvalue weighted by molar-refractivity contribution is -0.0605. The summed E-state index contributed by atoms with van der Waals surface area (Å²) >= 11 is 0. The first-order chi connectivity index (χ1) is 12.2. The molecule has 2 heterocycles. The quantitative estimate of drug-likeness (QED) is 0.671. The van der Waals surface area contributed by atoms with Crippen LogP contribution in [0.4, 0.5) is 4.39 Å². The summed E-state index contributed by atoms with van der Waals surface area (Å²) in [4.78, 5) is 7.02. The minimum Gasteiger partial charge on any atom is -0.376 e. The van der Waals surface area contributed by atoms with E-state index in [-0.39, 0.29) is 24.1 Å². The average Bonchev–Trinajstić information content (AvgIpc) is 3.12. The zero-order chi connectivity index (χ0) is 17.6. The maximum Gasteiger partial charge on any atom is 0.194 e. The van der Waals surface area contributed by atoms with Crippen molar-refractivity contribution in [1.29, 1.82) is 0 Å². The molecule has 2 aliphatic heterocycles. The fourth-order valence-electron chi connectivity index (χ4n) is 3.39. The first kappa shape index (κ1) is 18.1. The monoisotopic (exact) mass is 349 g/mol. The molecule has 2 fully saturated rings. The van der Waals surface area contributed by atoms with E-state index in [1.54, 1.807) is 12.1 Å². The molecule has 0 aliphatic carbocycles. The number of hydrogen-bond acceptors (Lipinski definition) is 3. The lowest BCUT2D eigenvalue weighted by Gasteiger charge is -2.38. The Labute approximate surface area is 149 Å². The van der Waals surface area contributed by atoms with Crippen molar-refractivity contribution in [3.05, 3.63) is 35.6 Å². The van der Waals surface area contributed by atoms with Gasteiger partial charge in [0.15, 0.2) is 5.96 Å². The van der Waals surface area contributed by atoms with Crippen LogP contribution in [-0.2, 0) is 9.47 Å². The van der Waals surface area contributed by atoms with Gasteiger partial charge in [0.25, 0.3) is 0 Å². The normalized spacial score (nSPS) is 27.6. The Morgan fingerprint density at radius 3 is 2.80 bits per heavy atom. The summed E-state index contributed by atoms with van der Waals surface area (Å²) in [6, 6.07) is 6.57. The summed E-state index contributed by atoms with van der Waals surface area (Å²) in [6.07, 6.45) is 2.44. The highest BCUT2D eigenvalue weighted by Crippen LogP contribution is 2.25. The number of morpholine rings is 1. The van der Waals surface area contributed by atoms with Crippen LogP contribution in [0.5, 0.6) is 0 Å². The second kappa shape index (κ2) is 8.63. The first-order valence-electron chi connectivity index (χ1n) is 9.21. The van der Waals surface area contributed by atoms with Gasteiger partial charge in [0.2, 0.25) is 0 Å². The molecule has 0 amide bonds. The third-order valence-corrected chi connectivity index (χ3v) is 4.61. The molecule has 0 radical (unpaired) electrons. The first-order valence-corrected chi connectivity index (χ1v) is 9.21. The number of aliphatic imine (C=N–C) groups is 1. The van der Waals surface area contributed by atoms with Gasteiger partial charge in [0.1, 0.15) is 11.9 Å². The predicted octanol–water partition coefficient (Wildman–Crippen LogP) is 2.73. The smallest absolute Gasteiger partial charge is 0.194 e. The van der Waals surface area contributed by atoms with E-state index in [0.717, 1.165) is 44.1 Å². The number of benzene rings is 1. The highest BCUT2D eigenvalue weighted by Gasteiger charge is 2.28. The van der Waals surface area contributed by atoms with E-state index in [9.17, 15) is 4.39 Å². The van der Waals surface area contributed by atoms with E-state index >= 15 is 0 Å². The third kappa shape index (κ3) is 4.92. The van der Waals surface area contributed by atoms with Crippen molar-refractivity contribution >= 4 is 5.96 Å². The molecular weight excluding hydrogens is 321 g/mol. The van der Waals surface area contributed by atoms with Gasteiger partial charge in [-0.05, 0) is 44.4 Å². The van der Waals surface area contributed by atoms with Gasteiger partial charge < -0.3 is 19.7 Å². The number of rotatable bonds is 4. The van der Waals surface area contributed by atoms with Crippen LogP contribution in [0.2, 0.25) is 0 Å². The number of ether oxygens (including phenoxy) is 2. The maximum atomic E-state index is 13.2. The Hall–Kier alpha value is -1.66. The van der Waals surface area contributed by atoms with Crippen LogP contribution in [0.15, 0.2) is 29.3 Å². The Morgan fingerprint density at radius 2 is 2.12 bits per heavy atom. The van der Waals surface area contributed by atoms with Gasteiger partial charge >= 0.3 is 0 Å². The minimum absolute atomic E-state index is 0.0791. The van der Waals surface area contributed by atoms with Crippen LogP contribution in [0.25, 0.3) is 0 Å². The molecule has 2 saturated heterocycles. The Bertz CT molecular complexity index is 573. The summed E-state index contributed by atoms with van der Waals surface area (Å²) in [5.41, 5.74) is 0.993. The predicted molar refractivity (Wildman–Crippen MR) is 96.2 cm³/mol. The Morgan fingerprint density at radius 1 is 1.32 bits per heavy atom.